The van der Waals surface area contributed by atoms with Crippen molar-refractivity contribution in [3.63, 3.8) is 0 Å². The number of halogens is 3. The molecule has 0 aliphatic rings. The van der Waals surface area contributed by atoms with Crippen LogP contribution in [0.3, 0.4) is 0 Å². The van der Waals surface area contributed by atoms with Crippen molar-refractivity contribution in [1.82, 2.24) is 10.6 Å². The minimum atomic E-state index is -2.89. The zero-order valence-corrected chi connectivity index (χ0v) is 18.2. The van der Waals surface area contributed by atoms with Gasteiger partial charge >= 0.3 is 6.61 Å². The highest BCUT2D eigenvalue weighted by Gasteiger charge is 2.11. The predicted molar refractivity (Wildman–Crippen MR) is 115 cm³/mol. The number of phenolic OH excluding ortho intramolecular Hbond substituents is 1. The third-order valence-electron chi connectivity index (χ3n) is 3.83. The van der Waals surface area contributed by atoms with Crippen molar-refractivity contribution in [1.29, 1.82) is 0 Å². The first-order chi connectivity index (χ1) is 12.9. The lowest BCUT2D eigenvalue weighted by molar-refractivity contribution is -0.0504. The highest BCUT2D eigenvalue weighted by Crippen LogP contribution is 2.23. The zero-order valence-electron chi connectivity index (χ0n) is 15.8. The molecule has 2 aromatic carbocycles. The van der Waals surface area contributed by atoms with Gasteiger partial charge in [-0.1, -0.05) is 17.7 Å². The number of methoxy groups -OCH3 is 1. The maximum absolute atomic E-state index is 12.6. The Balaban J connectivity index is 0.00000392. The molecule has 154 valence electrons. The minimum Gasteiger partial charge on any atom is -0.508 e. The summed E-state index contributed by atoms with van der Waals surface area (Å²) < 4.78 is 34.8. The number of phenols is 1. The Bertz CT molecular complexity index is 804. The molecule has 0 atom stereocenters. The Hall–Kier alpha value is -2.30. The molecule has 2 rings (SSSR count). The third-order valence-corrected chi connectivity index (χ3v) is 3.83. The van der Waals surface area contributed by atoms with Crippen LogP contribution < -0.4 is 20.1 Å². The first kappa shape index (κ1) is 23.7. The Morgan fingerprint density at radius 2 is 1.79 bits per heavy atom. The average molecular weight is 507 g/mol. The van der Waals surface area contributed by atoms with Crippen molar-refractivity contribution in [2.24, 2.45) is 4.99 Å². The monoisotopic (exact) mass is 507 g/mol. The molecule has 28 heavy (non-hydrogen) atoms. The molecule has 0 spiro atoms. The molecular formula is C19H24F2IN3O3. The molecule has 0 unspecified atom stereocenters. The third kappa shape index (κ3) is 7.02. The van der Waals surface area contributed by atoms with Crippen molar-refractivity contribution in [3.05, 3.63) is 53.1 Å². The number of nitrogens with zero attached hydrogens (tertiary/aromatic N) is 1. The average Bonchev–Trinajstić information content (AvgIpc) is 2.64. The molecule has 0 heterocycles. The van der Waals surface area contributed by atoms with Crippen LogP contribution in [-0.2, 0) is 13.1 Å². The number of aliphatic imine (C=N–C) groups is 1. The van der Waals surface area contributed by atoms with Crippen LogP contribution in [0.2, 0.25) is 0 Å². The summed E-state index contributed by atoms with van der Waals surface area (Å²) in [6.07, 6.45) is 0. The van der Waals surface area contributed by atoms with E-state index in [1.165, 1.54) is 6.07 Å². The molecule has 6 nitrogen and oxygen atoms in total. The van der Waals surface area contributed by atoms with Gasteiger partial charge in [0.25, 0.3) is 0 Å². The van der Waals surface area contributed by atoms with Crippen LogP contribution in [0.25, 0.3) is 0 Å². The van der Waals surface area contributed by atoms with Gasteiger partial charge in [0.2, 0.25) is 0 Å². The van der Waals surface area contributed by atoms with E-state index in [1.54, 1.807) is 44.5 Å². The molecule has 2 aromatic rings. The van der Waals surface area contributed by atoms with Crippen LogP contribution >= 0.6 is 24.0 Å². The van der Waals surface area contributed by atoms with Gasteiger partial charge < -0.3 is 25.2 Å². The molecule has 0 aliphatic heterocycles. The number of rotatable bonds is 7. The quantitative estimate of drug-likeness (QED) is 0.302. The maximum atomic E-state index is 12.6. The summed E-state index contributed by atoms with van der Waals surface area (Å²) in [7, 11) is 3.14. The standard InChI is InChI=1S/C19H23F2N3O3.HI/c1-12-4-7-17(27-18(20)21)14(8-12)11-24-19(22-2)23-10-13-9-15(26-3)5-6-16(13)25;/h4-9,18,25H,10-11H2,1-3H3,(H2,22,23,24);1H. The van der Waals surface area contributed by atoms with Gasteiger partial charge in [0.1, 0.15) is 17.2 Å². The Morgan fingerprint density at radius 1 is 1.11 bits per heavy atom. The van der Waals surface area contributed by atoms with Gasteiger partial charge in [0.05, 0.1) is 7.11 Å². The van der Waals surface area contributed by atoms with E-state index in [0.717, 1.165) is 5.56 Å². The molecule has 0 bridgehead atoms. The van der Waals surface area contributed by atoms with Crippen LogP contribution in [0.5, 0.6) is 17.2 Å². The van der Waals surface area contributed by atoms with Crippen molar-refractivity contribution < 1.29 is 23.4 Å². The van der Waals surface area contributed by atoms with Crippen molar-refractivity contribution in [2.75, 3.05) is 14.2 Å². The number of alkyl halides is 2. The number of aryl methyl sites for hydroxylation is 1. The number of aromatic hydroxyl groups is 1. The number of guanidine groups is 1. The molecule has 0 aliphatic carbocycles. The smallest absolute Gasteiger partial charge is 0.387 e. The lowest BCUT2D eigenvalue weighted by Gasteiger charge is -2.15. The van der Waals surface area contributed by atoms with Crippen molar-refractivity contribution in [2.45, 2.75) is 26.6 Å². The molecule has 0 amide bonds. The maximum Gasteiger partial charge on any atom is 0.387 e. The van der Waals surface area contributed by atoms with Gasteiger partial charge in [-0.2, -0.15) is 8.78 Å². The van der Waals surface area contributed by atoms with Gasteiger partial charge in [-0.05, 0) is 31.2 Å². The number of hydrogen-bond donors (Lipinski definition) is 3. The van der Waals surface area contributed by atoms with E-state index in [9.17, 15) is 13.9 Å². The van der Waals surface area contributed by atoms with E-state index >= 15 is 0 Å². The summed E-state index contributed by atoms with van der Waals surface area (Å²) in [5, 5.41) is 16.0. The fourth-order valence-electron chi connectivity index (χ4n) is 2.47. The molecule has 0 aromatic heterocycles. The number of benzene rings is 2. The SMILES string of the molecule is CN=C(NCc1cc(OC)ccc1O)NCc1cc(C)ccc1OC(F)F.I. The van der Waals surface area contributed by atoms with Gasteiger partial charge in [-0.3, -0.25) is 4.99 Å². The highest BCUT2D eigenvalue weighted by molar-refractivity contribution is 14.0. The van der Waals surface area contributed by atoms with E-state index in [2.05, 4.69) is 20.4 Å². The fraction of sp³-hybridized carbons (Fsp3) is 0.316. The molecule has 0 fully saturated rings. The summed E-state index contributed by atoms with van der Waals surface area (Å²) in [6.45, 7) is -0.474. The summed E-state index contributed by atoms with van der Waals surface area (Å²) >= 11 is 0. The summed E-state index contributed by atoms with van der Waals surface area (Å²) in [5.41, 5.74) is 2.15. The molecule has 9 heteroatoms. The predicted octanol–water partition coefficient (Wildman–Crippen LogP) is 3.79. The summed E-state index contributed by atoms with van der Waals surface area (Å²) in [6, 6.07) is 9.92. The second-order valence-electron chi connectivity index (χ2n) is 5.76. The Kier molecular flexibility index (Phi) is 9.77. The molecule has 0 saturated heterocycles. The molecule has 3 N–H and O–H groups in total. The largest absolute Gasteiger partial charge is 0.508 e. The number of ether oxygens (including phenoxy) is 2. The topological polar surface area (TPSA) is 75.1 Å². The lowest BCUT2D eigenvalue weighted by Crippen LogP contribution is -2.36. The van der Waals surface area contributed by atoms with E-state index < -0.39 is 6.61 Å². The molecular weight excluding hydrogens is 483 g/mol. The van der Waals surface area contributed by atoms with Crippen LogP contribution in [0.4, 0.5) is 8.78 Å². The van der Waals surface area contributed by atoms with Gasteiger partial charge in [0.15, 0.2) is 5.96 Å². The Labute approximate surface area is 180 Å². The molecule has 0 saturated carbocycles. The zero-order chi connectivity index (χ0) is 19.8. The number of hydrogen-bond acceptors (Lipinski definition) is 4. The van der Waals surface area contributed by atoms with Crippen molar-refractivity contribution >= 4 is 29.9 Å². The van der Waals surface area contributed by atoms with Crippen LogP contribution in [0, 0.1) is 6.92 Å². The van der Waals surface area contributed by atoms with Gasteiger partial charge in [-0.15, -0.1) is 24.0 Å². The number of nitrogens with one attached hydrogen (secondary N) is 2. The van der Waals surface area contributed by atoms with Gasteiger partial charge in [0, 0.05) is 31.3 Å². The first-order valence-corrected chi connectivity index (χ1v) is 8.27. The van der Waals surface area contributed by atoms with E-state index in [0.29, 0.717) is 29.4 Å². The van der Waals surface area contributed by atoms with E-state index in [4.69, 9.17) is 4.74 Å². The van der Waals surface area contributed by atoms with Crippen molar-refractivity contribution in [3.8, 4) is 17.2 Å². The van der Waals surface area contributed by atoms with Gasteiger partial charge in [-0.25, -0.2) is 0 Å². The minimum absolute atomic E-state index is 0. The van der Waals surface area contributed by atoms with E-state index in [1.807, 2.05) is 6.92 Å². The lowest BCUT2D eigenvalue weighted by atomic mass is 10.1. The Morgan fingerprint density at radius 3 is 2.39 bits per heavy atom. The second-order valence-corrected chi connectivity index (χ2v) is 5.76. The van der Waals surface area contributed by atoms with Crippen LogP contribution in [0.1, 0.15) is 16.7 Å². The summed E-state index contributed by atoms with van der Waals surface area (Å²) in [4.78, 5) is 4.10. The normalized spacial score (nSPS) is 11.0. The first-order valence-electron chi connectivity index (χ1n) is 8.27. The molecule has 0 radical (unpaired) electrons. The van der Waals surface area contributed by atoms with Crippen LogP contribution in [0.15, 0.2) is 41.4 Å². The van der Waals surface area contributed by atoms with E-state index in [-0.39, 0.29) is 42.0 Å². The second kappa shape index (κ2) is 11.5. The highest BCUT2D eigenvalue weighted by atomic mass is 127. The fourth-order valence-corrected chi connectivity index (χ4v) is 2.47. The van der Waals surface area contributed by atoms with Crippen LogP contribution in [-0.4, -0.2) is 31.8 Å². The summed E-state index contributed by atoms with van der Waals surface area (Å²) in [5.74, 6) is 1.32.